The first-order valence-corrected chi connectivity index (χ1v) is 6.04. The molecule has 0 fully saturated rings. The van der Waals surface area contributed by atoms with Gasteiger partial charge < -0.3 is 14.5 Å². The fourth-order valence-electron chi connectivity index (χ4n) is 1.77. The number of rotatable bonds is 3. The van der Waals surface area contributed by atoms with E-state index in [1.165, 1.54) is 19.1 Å². The van der Waals surface area contributed by atoms with Gasteiger partial charge in [0.15, 0.2) is 0 Å². The highest BCUT2D eigenvalue weighted by molar-refractivity contribution is 5.93. The van der Waals surface area contributed by atoms with Gasteiger partial charge in [0.2, 0.25) is 0 Å². The van der Waals surface area contributed by atoms with Gasteiger partial charge in [0.1, 0.15) is 11.3 Å². The normalized spacial score (nSPS) is 10.3. The van der Waals surface area contributed by atoms with Crippen LogP contribution in [0.5, 0.6) is 5.75 Å². The lowest BCUT2D eigenvalue weighted by atomic mass is 10.1. The quantitative estimate of drug-likeness (QED) is 0.679. The molecule has 0 aliphatic heterocycles. The van der Waals surface area contributed by atoms with Crippen molar-refractivity contribution in [2.75, 3.05) is 6.61 Å². The van der Waals surface area contributed by atoms with Crippen molar-refractivity contribution in [1.82, 2.24) is 4.98 Å². The van der Waals surface area contributed by atoms with Crippen molar-refractivity contribution in [2.24, 2.45) is 0 Å². The number of aromatic nitrogens is 1. The molecular formula is C14H13NO5. The molecule has 1 aromatic carbocycles. The van der Waals surface area contributed by atoms with Crippen molar-refractivity contribution >= 4 is 22.8 Å². The highest BCUT2D eigenvalue weighted by Gasteiger charge is 2.13. The summed E-state index contributed by atoms with van der Waals surface area (Å²) in [5.41, 5.74) is -0.127. The van der Waals surface area contributed by atoms with E-state index in [1.54, 1.807) is 19.1 Å². The number of hydrogen-bond acceptors (Lipinski definition) is 5. The molecule has 1 N–H and O–H groups in total. The van der Waals surface area contributed by atoms with Crippen LogP contribution in [0, 0.1) is 0 Å². The largest absolute Gasteiger partial charge is 0.462 e. The first-order chi connectivity index (χ1) is 9.51. The molecule has 104 valence electrons. The van der Waals surface area contributed by atoms with E-state index < -0.39 is 17.5 Å². The molecule has 2 rings (SSSR count). The van der Waals surface area contributed by atoms with Gasteiger partial charge in [0, 0.05) is 13.0 Å². The van der Waals surface area contributed by atoms with Crippen molar-refractivity contribution < 1.29 is 19.1 Å². The van der Waals surface area contributed by atoms with Crippen molar-refractivity contribution in [3.63, 3.8) is 0 Å². The maximum Gasteiger partial charge on any atom is 0.343 e. The Kier molecular flexibility index (Phi) is 3.84. The van der Waals surface area contributed by atoms with Gasteiger partial charge >= 0.3 is 11.9 Å². The second-order valence-corrected chi connectivity index (χ2v) is 4.08. The Labute approximate surface area is 114 Å². The molecule has 0 radical (unpaired) electrons. The first kappa shape index (κ1) is 13.8. The lowest BCUT2D eigenvalue weighted by molar-refractivity contribution is -0.131. The van der Waals surface area contributed by atoms with Crippen LogP contribution in [0.1, 0.15) is 24.2 Å². The zero-order valence-electron chi connectivity index (χ0n) is 11.1. The number of H-pyrrole nitrogens is 1. The molecule has 0 amide bonds. The molecule has 0 unspecified atom stereocenters. The van der Waals surface area contributed by atoms with Crippen LogP contribution in [0.4, 0.5) is 0 Å². The van der Waals surface area contributed by atoms with E-state index in [4.69, 9.17) is 9.47 Å². The first-order valence-electron chi connectivity index (χ1n) is 6.04. The molecule has 0 saturated heterocycles. The summed E-state index contributed by atoms with van der Waals surface area (Å²) in [7, 11) is 0. The molecule has 0 atom stereocenters. The van der Waals surface area contributed by atoms with Gasteiger partial charge in [-0.2, -0.15) is 0 Å². The SMILES string of the molecule is CCOC(=O)c1cc2ccc(OC(C)=O)cc2[nH]c1=O. The predicted octanol–water partition coefficient (Wildman–Crippen LogP) is 1.63. The lowest BCUT2D eigenvalue weighted by Crippen LogP contribution is -2.19. The third-order valence-corrected chi connectivity index (χ3v) is 2.57. The monoisotopic (exact) mass is 275 g/mol. The van der Waals surface area contributed by atoms with Crippen LogP contribution >= 0.6 is 0 Å². The summed E-state index contributed by atoms with van der Waals surface area (Å²) < 4.78 is 9.73. The predicted molar refractivity (Wildman–Crippen MR) is 71.8 cm³/mol. The van der Waals surface area contributed by atoms with E-state index in [0.717, 1.165) is 0 Å². The molecule has 1 heterocycles. The Bertz CT molecular complexity index is 732. The zero-order valence-corrected chi connectivity index (χ0v) is 11.1. The number of carbonyl (C=O) groups excluding carboxylic acids is 2. The molecule has 6 nitrogen and oxygen atoms in total. The fraction of sp³-hybridized carbons (Fsp3) is 0.214. The van der Waals surface area contributed by atoms with Crippen LogP contribution in [0.15, 0.2) is 29.1 Å². The summed E-state index contributed by atoms with van der Waals surface area (Å²) in [5.74, 6) is -0.793. The summed E-state index contributed by atoms with van der Waals surface area (Å²) in [6, 6.07) is 6.19. The number of fused-ring (bicyclic) bond motifs is 1. The van der Waals surface area contributed by atoms with Crippen molar-refractivity contribution in [3.8, 4) is 5.75 Å². The average molecular weight is 275 g/mol. The second kappa shape index (κ2) is 5.56. The van der Waals surface area contributed by atoms with Gasteiger partial charge in [0.05, 0.1) is 12.1 Å². The standard InChI is InChI=1S/C14H13NO5/c1-3-19-14(18)11-6-9-4-5-10(20-8(2)16)7-12(9)15-13(11)17/h4-7H,3H2,1-2H3,(H,15,17). The van der Waals surface area contributed by atoms with Crippen molar-refractivity contribution in [2.45, 2.75) is 13.8 Å². The van der Waals surface area contributed by atoms with Crippen LogP contribution in [0.3, 0.4) is 0 Å². The Morgan fingerprint density at radius 3 is 2.65 bits per heavy atom. The maximum atomic E-state index is 11.8. The Balaban J connectivity index is 2.48. The molecule has 1 aromatic heterocycles. The third kappa shape index (κ3) is 2.85. The summed E-state index contributed by atoms with van der Waals surface area (Å²) >= 11 is 0. The van der Waals surface area contributed by atoms with E-state index >= 15 is 0 Å². The molecule has 20 heavy (non-hydrogen) atoms. The molecule has 0 spiro atoms. The van der Waals surface area contributed by atoms with E-state index in [0.29, 0.717) is 16.7 Å². The Morgan fingerprint density at radius 1 is 1.25 bits per heavy atom. The molecule has 0 aliphatic carbocycles. The molecule has 2 aromatic rings. The summed E-state index contributed by atoms with van der Waals surface area (Å²) in [4.78, 5) is 36.9. The van der Waals surface area contributed by atoms with E-state index in [9.17, 15) is 14.4 Å². The summed E-state index contributed by atoms with van der Waals surface area (Å²) in [6.07, 6.45) is 0. The van der Waals surface area contributed by atoms with Gasteiger partial charge in [0.25, 0.3) is 5.56 Å². The van der Waals surface area contributed by atoms with Gasteiger partial charge in [-0.05, 0) is 30.5 Å². The van der Waals surface area contributed by atoms with Crippen LogP contribution in [-0.4, -0.2) is 23.5 Å². The van der Waals surface area contributed by atoms with E-state index in [-0.39, 0.29) is 12.2 Å². The smallest absolute Gasteiger partial charge is 0.343 e. The summed E-state index contributed by atoms with van der Waals surface area (Å²) in [6.45, 7) is 3.15. The lowest BCUT2D eigenvalue weighted by Gasteiger charge is -2.05. The minimum absolute atomic E-state index is 0.0559. The van der Waals surface area contributed by atoms with E-state index in [1.807, 2.05) is 0 Å². The van der Waals surface area contributed by atoms with Crippen molar-refractivity contribution in [3.05, 3.63) is 40.2 Å². The summed E-state index contributed by atoms with van der Waals surface area (Å²) in [5, 5.41) is 0.642. The Hall–Kier alpha value is -2.63. The second-order valence-electron chi connectivity index (χ2n) is 4.08. The third-order valence-electron chi connectivity index (χ3n) is 2.57. The van der Waals surface area contributed by atoms with Gasteiger partial charge in [-0.15, -0.1) is 0 Å². The Morgan fingerprint density at radius 2 is 2.00 bits per heavy atom. The minimum atomic E-state index is -0.667. The van der Waals surface area contributed by atoms with Crippen LogP contribution in [0.25, 0.3) is 10.9 Å². The number of hydrogen-bond donors (Lipinski definition) is 1. The molecular weight excluding hydrogens is 262 g/mol. The average Bonchev–Trinajstić information content (AvgIpc) is 2.37. The topological polar surface area (TPSA) is 85.5 Å². The number of esters is 2. The van der Waals surface area contributed by atoms with Gasteiger partial charge in [-0.1, -0.05) is 0 Å². The van der Waals surface area contributed by atoms with Gasteiger partial charge in [-0.25, -0.2) is 4.79 Å². The van der Waals surface area contributed by atoms with E-state index in [2.05, 4.69) is 4.98 Å². The number of nitrogens with one attached hydrogen (secondary N) is 1. The minimum Gasteiger partial charge on any atom is -0.462 e. The number of aromatic amines is 1. The number of benzene rings is 1. The molecule has 0 bridgehead atoms. The zero-order chi connectivity index (χ0) is 14.7. The fourth-order valence-corrected chi connectivity index (χ4v) is 1.77. The van der Waals surface area contributed by atoms with Gasteiger partial charge in [-0.3, -0.25) is 9.59 Å². The molecule has 6 heteroatoms. The number of pyridine rings is 1. The highest BCUT2D eigenvalue weighted by Crippen LogP contribution is 2.19. The molecule has 0 aliphatic rings. The van der Waals surface area contributed by atoms with Crippen LogP contribution in [-0.2, 0) is 9.53 Å². The van der Waals surface area contributed by atoms with Crippen molar-refractivity contribution in [1.29, 1.82) is 0 Å². The maximum absolute atomic E-state index is 11.8. The highest BCUT2D eigenvalue weighted by atomic mass is 16.5. The van der Waals surface area contributed by atoms with Crippen LogP contribution in [0.2, 0.25) is 0 Å². The van der Waals surface area contributed by atoms with Crippen LogP contribution < -0.4 is 10.3 Å². The number of ether oxygens (including phenoxy) is 2. The number of carbonyl (C=O) groups is 2. The molecule has 0 saturated carbocycles.